The summed E-state index contributed by atoms with van der Waals surface area (Å²) in [6, 6.07) is 16.4. The van der Waals surface area contributed by atoms with E-state index in [9.17, 15) is 13.2 Å². The molecule has 0 aliphatic carbocycles. The highest BCUT2D eigenvalue weighted by molar-refractivity contribution is 7.89. The molecule has 0 aliphatic rings. The van der Waals surface area contributed by atoms with E-state index in [4.69, 9.17) is 11.2 Å². The van der Waals surface area contributed by atoms with Gasteiger partial charge in [0.25, 0.3) is 0 Å². The van der Waals surface area contributed by atoms with E-state index in [1.54, 1.807) is 35.6 Å². The fourth-order valence-corrected chi connectivity index (χ4v) is 5.09. The molecular weight excluding hydrogens is 480 g/mol. The third kappa shape index (κ3) is 7.96. The molecule has 1 aromatic heterocycles. The molecule has 8 heteroatoms. The Morgan fingerprint density at radius 1 is 1.11 bits per heavy atom. The highest BCUT2D eigenvalue weighted by Gasteiger charge is 2.18. The average Bonchev–Trinajstić information content (AvgIpc) is 3.38. The zero-order valence-electron chi connectivity index (χ0n) is 19.8. The predicted molar refractivity (Wildman–Crippen MR) is 140 cm³/mol. The molecule has 0 radical (unpaired) electrons. The maximum atomic E-state index is 13.2. The molecule has 184 valence electrons. The normalized spacial score (nSPS) is 11.1. The standard InChI is InChI=1S/C27H30N2O4S2/c1-3-15-28-35(31,32)25-11-9-22(10-12-25)13-16-29(27(30)19-23-14-18-34-21-23)20-24-7-5-6-8-26(24)33-17-4-2/h1,5-12,14,18,21,28H,4,13,15-17,19-20H2,2H3. The molecular formula is C27H30N2O4S2. The average molecular weight is 511 g/mol. The van der Waals surface area contributed by atoms with Gasteiger partial charge in [-0.1, -0.05) is 43.2 Å². The maximum absolute atomic E-state index is 13.2. The van der Waals surface area contributed by atoms with E-state index in [1.807, 2.05) is 46.0 Å². The molecule has 3 rings (SSSR count). The van der Waals surface area contributed by atoms with Crippen LogP contribution >= 0.6 is 11.3 Å². The Kier molecular flexibility index (Phi) is 9.91. The van der Waals surface area contributed by atoms with Crippen molar-refractivity contribution in [2.75, 3.05) is 19.7 Å². The van der Waals surface area contributed by atoms with E-state index < -0.39 is 10.0 Å². The summed E-state index contributed by atoms with van der Waals surface area (Å²) in [4.78, 5) is 15.2. The Morgan fingerprint density at radius 3 is 2.57 bits per heavy atom. The van der Waals surface area contributed by atoms with Crippen molar-refractivity contribution in [2.24, 2.45) is 0 Å². The van der Waals surface area contributed by atoms with Gasteiger partial charge in [0.1, 0.15) is 5.75 Å². The second-order valence-electron chi connectivity index (χ2n) is 8.00. The largest absolute Gasteiger partial charge is 0.493 e. The van der Waals surface area contributed by atoms with Crippen molar-refractivity contribution in [3.63, 3.8) is 0 Å². The van der Waals surface area contributed by atoms with Crippen LogP contribution in [0.3, 0.4) is 0 Å². The summed E-state index contributed by atoms with van der Waals surface area (Å²) < 4.78 is 32.7. The fourth-order valence-electron chi connectivity index (χ4n) is 3.48. The molecule has 1 amide bonds. The number of hydrogen-bond donors (Lipinski definition) is 1. The Morgan fingerprint density at radius 2 is 1.89 bits per heavy atom. The number of thiophene rings is 1. The lowest BCUT2D eigenvalue weighted by Crippen LogP contribution is -2.33. The van der Waals surface area contributed by atoms with Gasteiger partial charge in [0, 0.05) is 18.7 Å². The number of nitrogens with zero attached hydrogens (tertiary/aromatic N) is 1. The molecule has 35 heavy (non-hydrogen) atoms. The predicted octanol–water partition coefficient (Wildman–Crippen LogP) is 4.26. The summed E-state index contributed by atoms with van der Waals surface area (Å²) in [6.45, 7) is 3.54. The fraction of sp³-hybridized carbons (Fsp3) is 0.296. The van der Waals surface area contributed by atoms with Crippen LogP contribution in [0.5, 0.6) is 5.75 Å². The zero-order valence-corrected chi connectivity index (χ0v) is 21.4. The van der Waals surface area contributed by atoms with E-state index >= 15 is 0 Å². The first-order valence-electron chi connectivity index (χ1n) is 11.4. The van der Waals surface area contributed by atoms with E-state index in [0.717, 1.165) is 28.9 Å². The van der Waals surface area contributed by atoms with E-state index in [2.05, 4.69) is 17.6 Å². The van der Waals surface area contributed by atoms with E-state index in [0.29, 0.717) is 32.5 Å². The Bertz CT molecular complexity index is 1230. The van der Waals surface area contributed by atoms with Gasteiger partial charge in [-0.15, -0.1) is 6.42 Å². The quantitative estimate of drug-likeness (QED) is 0.349. The van der Waals surface area contributed by atoms with E-state index in [-0.39, 0.29) is 17.3 Å². The Hall–Kier alpha value is -3.12. The molecule has 0 spiro atoms. The SMILES string of the molecule is C#CCNS(=O)(=O)c1ccc(CCN(Cc2ccccc2OCCC)C(=O)Cc2ccsc2)cc1. The van der Waals surface area contributed by atoms with Crippen molar-refractivity contribution in [2.45, 2.75) is 37.6 Å². The number of para-hydroxylation sites is 1. The molecule has 1 N–H and O–H groups in total. The summed E-state index contributed by atoms with van der Waals surface area (Å²) >= 11 is 1.57. The molecule has 0 unspecified atom stereocenters. The van der Waals surface area contributed by atoms with Gasteiger partial charge in [-0.25, -0.2) is 8.42 Å². The number of benzene rings is 2. The van der Waals surface area contributed by atoms with Crippen molar-refractivity contribution in [3.8, 4) is 18.1 Å². The summed E-state index contributed by atoms with van der Waals surface area (Å²) in [6.07, 6.45) is 6.97. The smallest absolute Gasteiger partial charge is 0.241 e. The van der Waals surface area contributed by atoms with Gasteiger partial charge in [0.15, 0.2) is 0 Å². The number of hydrogen-bond acceptors (Lipinski definition) is 5. The molecule has 0 bridgehead atoms. The van der Waals surface area contributed by atoms with Gasteiger partial charge in [0.2, 0.25) is 15.9 Å². The van der Waals surface area contributed by atoms with Gasteiger partial charge in [-0.3, -0.25) is 4.79 Å². The minimum atomic E-state index is -3.64. The number of rotatable bonds is 13. The lowest BCUT2D eigenvalue weighted by Gasteiger charge is -2.24. The Balaban J connectivity index is 1.74. The molecule has 0 saturated heterocycles. The number of carbonyl (C=O) groups is 1. The number of nitrogens with one attached hydrogen (secondary N) is 1. The van der Waals surface area contributed by atoms with Gasteiger partial charge in [0.05, 0.1) is 24.5 Å². The van der Waals surface area contributed by atoms with Crippen LogP contribution in [-0.4, -0.2) is 38.9 Å². The lowest BCUT2D eigenvalue weighted by molar-refractivity contribution is -0.131. The van der Waals surface area contributed by atoms with Gasteiger partial charge >= 0.3 is 0 Å². The first kappa shape index (κ1) is 26.5. The number of terminal acetylenes is 1. The summed E-state index contributed by atoms with van der Waals surface area (Å²) in [5.41, 5.74) is 2.89. The first-order chi connectivity index (χ1) is 16.9. The molecule has 0 atom stereocenters. The highest BCUT2D eigenvalue weighted by Crippen LogP contribution is 2.21. The second-order valence-corrected chi connectivity index (χ2v) is 10.5. The number of carbonyl (C=O) groups excluding carboxylic acids is 1. The number of sulfonamides is 1. The van der Waals surface area contributed by atoms with Crippen LogP contribution in [0.15, 0.2) is 70.3 Å². The molecule has 0 saturated carbocycles. The van der Waals surface area contributed by atoms with Crippen molar-refractivity contribution in [1.29, 1.82) is 0 Å². The topological polar surface area (TPSA) is 75.7 Å². The molecule has 2 aromatic carbocycles. The van der Waals surface area contributed by atoms with Gasteiger partial charge in [-0.2, -0.15) is 16.1 Å². The van der Waals surface area contributed by atoms with E-state index in [1.165, 1.54) is 0 Å². The molecule has 0 fully saturated rings. The van der Waals surface area contributed by atoms with Crippen LogP contribution in [0, 0.1) is 12.3 Å². The van der Waals surface area contributed by atoms with Gasteiger partial charge in [-0.05, 0) is 59.0 Å². The maximum Gasteiger partial charge on any atom is 0.241 e. The molecule has 0 aliphatic heterocycles. The van der Waals surface area contributed by atoms with Crippen LogP contribution in [-0.2, 0) is 34.2 Å². The number of amides is 1. The highest BCUT2D eigenvalue weighted by atomic mass is 32.2. The zero-order chi connectivity index (χ0) is 25.1. The minimum Gasteiger partial charge on any atom is -0.493 e. The molecule has 3 aromatic rings. The van der Waals surface area contributed by atoms with Gasteiger partial charge < -0.3 is 9.64 Å². The van der Waals surface area contributed by atoms with Crippen molar-refractivity contribution in [3.05, 3.63) is 82.0 Å². The number of ether oxygens (including phenoxy) is 1. The summed E-state index contributed by atoms with van der Waals surface area (Å²) in [5.74, 6) is 3.09. The Labute approximate surface area is 212 Å². The van der Waals surface area contributed by atoms with Crippen LogP contribution < -0.4 is 9.46 Å². The van der Waals surface area contributed by atoms with Crippen LogP contribution in [0.4, 0.5) is 0 Å². The summed E-state index contributed by atoms with van der Waals surface area (Å²) in [5, 5.41) is 3.96. The lowest BCUT2D eigenvalue weighted by atomic mass is 10.1. The third-order valence-electron chi connectivity index (χ3n) is 5.35. The van der Waals surface area contributed by atoms with Crippen molar-refractivity contribution in [1.82, 2.24) is 9.62 Å². The summed E-state index contributed by atoms with van der Waals surface area (Å²) in [7, 11) is -3.64. The third-order valence-corrected chi connectivity index (χ3v) is 7.50. The van der Waals surface area contributed by atoms with Crippen LogP contribution in [0.25, 0.3) is 0 Å². The monoisotopic (exact) mass is 510 g/mol. The second kappa shape index (κ2) is 13.1. The molecule has 6 nitrogen and oxygen atoms in total. The minimum absolute atomic E-state index is 0.0337. The first-order valence-corrected chi connectivity index (χ1v) is 13.9. The van der Waals surface area contributed by atoms with Crippen molar-refractivity contribution >= 4 is 27.3 Å². The van der Waals surface area contributed by atoms with Crippen LogP contribution in [0.1, 0.15) is 30.0 Å². The van der Waals surface area contributed by atoms with Crippen LogP contribution in [0.2, 0.25) is 0 Å². The molecule has 1 heterocycles. The van der Waals surface area contributed by atoms with Crippen molar-refractivity contribution < 1.29 is 17.9 Å².